The smallest absolute Gasteiger partial charge is 0.345 e. The summed E-state index contributed by atoms with van der Waals surface area (Å²) in [5, 5.41) is 12.7. The number of methoxy groups -OCH3 is 2. The van der Waals surface area contributed by atoms with Crippen LogP contribution in [0.5, 0.6) is 11.5 Å². The van der Waals surface area contributed by atoms with Crippen LogP contribution in [0.1, 0.15) is 165 Å². The first-order valence-corrected chi connectivity index (χ1v) is 20.6. The zero-order valence-corrected chi connectivity index (χ0v) is 34.5. The molecule has 0 radical (unpaired) electrons. The highest BCUT2D eigenvalue weighted by atomic mass is 16.7. The third kappa shape index (κ3) is 26.4. The average molecular weight is 712 g/mol. The molecule has 0 fully saturated rings. The summed E-state index contributed by atoms with van der Waals surface area (Å²) in [4.78, 5) is 0. The molecule has 6 nitrogen and oxygen atoms in total. The van der Waals surface area contributed by atoms with E-state index in [-0.39, 0.29) is 13.2 Å². The van der Waals surface area contributed by atoms with Crippen LogP contribution in [0.4, 0.5) is 0 Å². The molecular formula is C44H78BNO5. The minimum Gasteiger partial charge on any atom is -0.832 e. The zero-order valence-electron chi connectivity index (χ0n) is 34.5. The second-order valence-corrected chi connectivity index (χ2v) is 15.7. The predicted molar refractivity (Wildman–Crippen MR) is 216 cm³/mol. The van der Waals surface area contributed by atoms with Crippen molar-refractivity contribution < 1.29 is 28.3 Å². The van der Waals surface area contributed by atoms with Crippen molar-refractivity contribution in [1.29, 1.82) is 0 Å². The van der Waals surface area contributed by atoms with E-state index in [1.54, 1.807) is 14.2 Å². The highest BCUT2D eigenvalue weighted by molar-refractivity contribution is 6.32. The summed E-state index contributed by atoms with van der Waals surface area (Å²) in [6, 6.07) is 12.1. The van der Waals surface area contributed by atoms with Crippen molar-refractivity contribution in [3.05, 3.63) is 58.7 Å². The van der Waals surface area contributed by atoms with Gasteiger partial charge < -0.3 is 28.3 Å². The standard InChI is InChI=1S/C40H66BO5.C4H12N/c1-5-7-9-11-13-15-17-19-21-23-25-35-31-39(43-3)29-27-37(35)33-45-41(42)46-34-38-28-30-40(44-4)32-36(38)26-24-22-20-18-16-14-12-10-8-6-2;1-5(2,3)4/h27-32H,5-26,33-34H2,1-4H3;1-4H3/q-1;+1. The van der Waals surface area contributed by atoms with E-state index in [2.05, 4.69) is 54.2 Å². The summed E-state index contributed by atoms with van der Waals surface area (Å²) in [5.41, 5.74) is 4.46. The summed E-state index contributed by atoms with van der Waals surface area (Å²) >= 11 is 0. The third-order valence-electron chi connectivity index (χ3n) is 9.18. The van der Waals surface area contributed by atoms with Gasteiger partial charge in [-0.1, -0.05) is 142 Å². The molecule has 0 atom stereocenters. The molecule has 0 aliphatic carbocycles. The molecule has 0 saturated carbocycles. The Morgan fingerprint density at radius 1 is 0.471 bits per heavy atom. The number of unbranched alkanes of at least 4 members (excludes halogenated alkanes) is 18. The van der Waals surface area contributed by atoms with Crippen LogP contribution in [-0.2, 0) is 35.4 Å². The van der Waals surface area contributed by atoms with Crippen molar-refractivity contribution in [2.24, 2.45) is 0 Å². The van der Waals surface area contributed by atoms with Crippen molar-refractivity contribution >= 4 is 7.32 Å². The topological polar surface area (TPSA) is 60.0 Å². The van der Waals surface area contributed by atoms with E-state index in [0.717, 1.165) is 52.8 Å². The van der Waals surface area contributed by atoms with Crippen LogP contribution < -0.4 is 14.5 Å². The Morgan fingerprint density at radius 3 is 1.06 bits per heavy atom. The molecule has 0 N–H and O–H groups in total. The number of rotatable bonds is 30. The minimum atomic E-state index is -1.54. The molecule has 292 valence electrons. The SMILES string of the molecule is CCCCCCCCCCCCc1cc(OC)ccc1COB([O-])OCc1ccc(OC)cc1CCCCCCCCCCCC.C[N+](C)(C)C. The number of hydrogen-bond donors (Lipinski definition) is 0. The van der Waals surface area contributed by atoms with Gasteiger partial charge in [-0.3, -0.25) is 0 Å². The van der Waals surface area contributed by atoms with Gasteiger partial charge in [0.1, 0.15) is 11.5 Å². The number of benzene rings is 2. The van der Waals surface area contributed by atoms with Crippen LogP contribution in [0.3, 0.4) is 0 Å². The highest BCUT2D eigenvalue weighted by Gasteiger charge is 2.11. The largest absolute Gasteiger partial charge is 0.832 e. The van der Waals surface area contributed by atoms with Crippen LogP contribution in [0.15, 0.2) is 36.4 Å². The number of aryl methyl sites for hydroxylation is 2. The Morgan fingerprint density at radius 2 is 0.765 bits per heavy atom. The Bertz CT molecular complexity index is 1020. The highest BCUT2D eigenvalue weighted by Crippen LogP contribution is 2.23. The number of hydrogen-bond acceptors (Lipinski definition) is 5. The van der Waals surface area contributed by atoms with Crippen molar-refractivity contribution in [2.75, 3.05) is 42.4 Å². The van der Waals surface area contributed by atoms with E-state index in [4.69, 9.17) is 18.8 Å². The van der Waals surface area contributed by atoms with Crippen LogP contribution >= 0.6 is 0 Å². The summed E-state index contributed by atoms with van der Waals surface area (Å²) < 4.78 is 23.3. The maximum Gasteiger partial charge on any atom is 0.345 e. The fourth-order valence-electron chi connectivity index (χ4n) is 6.18. The summed E-state index contributed by atoms with van der Waals surface area (Å²) in [5.74, 6) is 1.69. The maximum absolute atomic E-state index is 12.7. The number of nitrogens with zero attached hydrogens (tertiary/aromatic N) is 1. The molecule has 0 bridgehead atoms. The monoisotopic (exact) mass is 712 g/mol. The van der Waals surface area contributed by atoms with Gasteiger partial charge in [0, 0.05) is 0 Å². The molecule has 0 aliphatic rings. The Labute approximate surface area is 315 Å². The van der Waals surface area contributed by atoms with E-state index < -0.39 is 7.32 Å². The molecular weight excluding hydrogens is 633 g/mol. The molecule has 51 heavy (non-hydrogen) atoms. The van der Waals surface area contributed by atoms with E-state index in [1.165, 1.54) is 127 Å². The normalized spacial score (nSPS) is 11.3. The second kappa shape index (κ2) is 30.4. The predicted octanol–water partition coefficient (Wildman–Crippen LogP) is 11.0. The van der Waals surface area contributed by atoms with E-state index >= 15 is 0 Å². The van der Waals surface area contributed by atoms with Crippen molar-refractivity contribution in [1.82, 2.24) is 0 Å². The zero-order chi connectivity index (χ0) is 37.6. The average Bonchev–Trinajstić information content (AvgIpc) is 3.11. The van der Waals surface area contributed by atoms with Gasteiger partial charge in [0.25, 0.3) is 0 Å². The molecule has 0 spiro atoms. The van der Waals surface area contributed by atoms with E-state index in [0.29, 0.717) is 0 Å². The molecule has 2 aromatic rings. The van der Waals surface area contributed by atoms with Gasteiger partial charge in [0.2, 0.25) is 0 Å². The lowest BCUT2D eigenvalue weighted by atomic mass is 9.99. The molecule has 0 saturated heterocycles. The van der Waals surface area contributed by atoms with Crippen LogP contribution in [0, 0.1) is 0 Å². The molecule has 0 heterocycles. The number of quaternary nitrogens is 1. The molecule has 0 unspecified atom stereocenters. The molecule has 2 rings (SSSR count). The van der Waals surface area contributed by atoms with Crippen molar-refractivity contribution in [3.63, 3.8) is 0 Å². The van der Waals surface area contributed by atoms with E-state index in [9.17, 15) is 5.02 Å². The Balaban J connectivity index is 0.00000242. The van der Waals surface area contributed by atoms with Gasteiger partial charge in [-0.05, 0) is 72.2 Å². The molecule has 0 aromatic heterocycles. The second-order valence-electron chi connectivity index (χ2n) is 15.7. The lowest BCUT2D eigenvalue weighted by Crippen LogP contribution is -2.37. The molecule has 0 aliphatic heterocycles. The lowest BCUT2D eigenvalue weighted by Gasteiger charge is -2.22. The fourth-order valence-corrected chi connectivity index (χ4v) is 6.18. The van der Waals surface area contributed by atoms with Crippen LogP contribution in [0.25, 0.3) is 0 Å². The summed E-state index contributed by atoms with van der Waals surface area (Å²) in [6.07, 6.45) is 28.2. The van der Waals surface area contributed by atoms with Gasteiger partial charge in [0.15, 0.2) is 0 Å². The van der Waals surface area contributed by atoms with Gasteiger partial charge in [-0.25, -0.2) is 0 Å². The Hall–Kier alpha value is -2.06. The van der Waals surface area contributed by atoms with Gasteiger partial charge >= 0.3 is 7.32 Å². The summed E-state index contributed by atoms with van der Waals surface area (Å²) in [6.45, 7) is 5.01. The van der Waals surface area contributed by atoms with Crippen molar-refractivity contribution in [3.8, 4) is 11.5 Å². The first-order chi connectivity index (χ1) is 24.6. The first kappa shape index (κ1) is 47.0. The van der Waals surface area contributed by atoms with Gasteiger partial charge in [-0.2, -0.15) is 0 Å². The number of ether oxygens (including phenoxy) is 2. The third-order valence-corrected chi connectivity index (χ3v) is 9.18. The Kier molecular flexibility index (Phi) is 28.0. The quantitative estimate of drug-likeness (QED) is 0.0459. The molecule has 0 amide bonds. The summed E-state index contributed by atoms with van der Waals surface area (Å²) in [7, 11) is 10.3. The lowest BCUT2D eigenvalue weighted by molar-refractivity contribution is -0.849. The molecule has 2 aromatic carbocycles. The van der Waals surface area contributed by atoms with Gasteiger partial charge in [0.05, 0.1) is 55.6 Å². The fraction of sp³-hybridized carbons (Fsp3) is 0.727. The first-order valence-electron chi connectivity index (χ1n) is 20.6. The minimum absolute atomic E-state index is 0.235. The van der Waals surface area contributed by atoms with E-state index in [1.807, 2.05) is 24.3 Å². The van der Waals surface area contributed by atoms with Crippen LogP contribution in [0.2, 0.25) is 0 Å². The molecule has 7 heteroatoms. The maximum atomic E-state index is 12.7. The van der Waals surface area contributed by atoms with Crippen LogP contribution in [-0.4, -0.2) is 54.2 Å². The van der Waals surface area contributed by atoms with Gasteiger partial charge in [-0.15, -0.1) is 0 Å². The van der Waals surface area contributed by atoms with Crippen molar-refractivity contribution in [2.45, 2.75) is 168 Å².